The van der Waals surface area contributed by atoms with Gasteiger partial charge < -0.3 is 0 Å². The minimum Gasteiger partial charge on any atom is -0.292 e. The fourth-order valence-corrected chi connectivity index (χ4v) is 1.78. The van der Waals surface area contributed by atoms with Gasteiger partial charge in [0, 0.05) is 9.99 Å². The van der Waals surface area contributed by atoms with Gasteiger partial charge in [-0.1, -0.05) is 12.1 Å². The van der Waals surface area contributed by atoms with Crippen molar-refractivity contribution >= 4 is 28.4 Å². The second-order valence-corrected chi connectivity index (χ2v) is 4.83. The third kappa shape index (κ3) is 3.33. The van der Waals surface area contributed by atoms with Crippen molar-refractivity contribution < 1.29 is 9.18 Å². The van der Waals surface area contributed by atoms with E-state index in [4.69, 9.17) is 0 Å². The first-order valence-electron chi connectivity index (χ1n) is 5.04. The molecule has 0 radical (unpaired) electrons. The highest BCUT2D eigenvalue weighted by Gasteiger charge is 2.08. The molecule has 0 amide bonds. The van der Waals surface area contributed by atoms with Gasteiger partial charge in [-0.3, -0.25) is 9.78 Å². The summed E-state index contributed by atoms with van der Waals surface area (Å²) in [7, 11) is 0. The Morgan fingerprint density at radius 2 is 1.88 bits per heavy atom. The predicted octanol–water partition coefficient (Wildman–Crippen LogP) is 3.25. The highest BCUT2D eigenvalue weighted by molar-refractivity contribution is 14.1. The number of hydrogen-bond acceptors (Lipinski definition) is 2. The van der Waals surface area contributed by atoms with Gasteiger partial charge in [0.2, 0.25) is 0 Å². The number of hydrogen-bond donors (Lipinski definition) is 0. The monoisotopic (exact) mass is 341 g/mol. The first kappa shape index (κ1) is 12.2. The normalized spacial score (nSPS) is 10.2. The minimum absolute atomic E-state index is 0.105. The summed E-state index contributed by atoms with van der Waals surface area (Å²) in [6.45, 7) is 0. The minimum atomic E-state index is -0.434. The van der Waals surface area contributed by atoms with E-state index in [1.54, 1.807) is 0 Å². The average molecular weight is 341 g/mol. The summed E-state index contributed by atoms with van der Waals surface area (Å²) >= 11 is 2.21. The van der Waals surface area contributed by atoms with Crippen LogP contribution < -0.4 is 0 Å². The van der Waals surface area contributed by atoms with Crippen LogP contribution in [0.1, 0.15) is 16.1 Å². The van der Waals surface area contributed by atoms with E-state index >= 15 is 0 Å². The lowest BCUT2D eigenvalue weighted by molar-refractivity contribution is 0.0988. The number of nitrogens with zero attached hydrogens (tertiary/aromatic N) is 1. The van der Waals surface area contributed by atoms with Crippen LogP contribution in [0.3, 0.4) is 0 Å². The number of Topliss-reactive ketones (excluding diaryl/α,β-unsaturated/α-hetero) is 1. The largest absolute Gasteiger partial charge is 0.292 e. The number of rotatable bonds is 3. The molecule has 0 fully saturated rings. The Morgan fingerprint density at radius 1 is 1.18 bits per heavy atom. The van der Waals surface area contributed by atoms with Crippen LogP contribution in [0.4, 0.5) is 4.39 Å². The molecule has 2 rings (SSSR count). The summed E-state index contributed by atoms with van der Waals surface area (Å²) in [5.41, 5.74) is 1.23. The number of benzene rings is 1. The molecule has 0 N–H and O–H groups in total. The van der Waals surface area contributed by atoms with Crippen LogP contribution in [0.5, 0.6) is 0 Å². The van der Waals surface area contributed by atoms with Crippen molar-refractivity contribution in [2.24, 2.45) is 0 Å². The average Bonchev–Trinajstić information content (AvgIpc) is 2.33. The van der Waals surface area contributed by atoms with Gasteiger partial charge in [-0.15, -0.1) is 0 Å². The molecule has 1 aromatic heterocycles. The molecule has 0 aliphatic heterocycles. The van der Waals surface area contributed by atoms with Crippen LogP contribution in [-0.4, -0.2) is 10.8 Å². The maximum absolute atomic E-state index is 12.6. The summed E-state index contributed by atoms with van der Waals surface area (Å²) in [6.07, 6.45) is 1.34. The topological polar surface area (TPSA) is 30.0 Å². The summed E-state index contributed by atoms with van der Waals surface area (Å²) in [5, 5.41) is 0. The summed E-state index contributed by atoms with van der Waals surface area (Å²) in [6, 6.07) is 10.4. The van der Waals surface area contributed by atoms with Crippen LogP contribution in [0.2, 0.25) is 0 Å². The Morgan fingerprint density at radius 3 is 2.47 bits per heavy atom. The Labute approximate surface area is 112 Å². The smallest absolute Gasteiger partial charge is 0.185 e. The second kappa shape index (κ2) is 5.35. The first-order valence-corrected chi connectivity index (χ1v) is 6.12. The van der Waals surface area contributed by atoms with E-state index in [0.717, 1.165) is 15.3 Å². The van der Waals surface area contributed by atoms with Gasteiger partial charge in [0.25, 0.3) is 0 Å². The van der Waals surface area contributed by atoms with Crippen LogP contribution in [0, 0.1) is 9.39 Å². The van der Waals surface area contributed by atoms with E-state index in [0.29, 0.717) is 5.69 Å². The molecule has 1 aromatic carbocycles. The van der Waals surface area contributed by atoms with E-state index in [2.05, 4.69) is 27.6 Å². The van der Waals surface area contributed by atoms with Crippen LogP contribution in [-0.2, 0) is 6.42 Å². The Hall–Kier alpha value is -1.30. The third-order valence-electron chi connectivity index (χ3n) is 2.29. The van der Waals surface area contributed by atoms with Crippen molar-refractivity contribution in [3.8, 4) is 0 Å². The van der Waals surface area contributed by atoms with Gasteiger partial charge in [-0.25, -0.2) is 4.39 Å². The van der Waals surface area contributed by atoms with Gasteiger partial charge in [-0.05, 0) is 52.4 Å². The molecule has 0 aliphatic rings. The fraction of sp³-hybridized carbons (Fsp3) is 0.0769. The zero-order valence-corrected chi connectivity index (χ0v) is 11.0. The SMILES string of the molecule is O=C(Cc1ccc(I)cc1)c1ccc(F)cn1. The third-order valence-corrected chi connectivity index (χ3v) is 3.01. The molecule has 0 spiro atoms. The van der Waals surface area contributed by atoms with Gasteiger partial charge in [-0.2, -0.15) is 0 Å². The lowest BCUT2D eigenvalue weighted by Crippen LogP contribution is -2.05. The molecule has 4 heteroatoms. The Balaban J connectivity index is 2.11. The number of carbonyl (C=O) groups is 1. The van der Waals surface area contributed by atoms with Gasteiger partial charge in [0.15, 0.2) is 5.78 Å². The number of ketones is 1. The summed E-state index contributed by atoms with van der Waals surface area (Å²) < 4.78 is 13.8. The van der Waals surface area contributed by atoms with Crippen molar-refractivity contribution in [3.63, 3.8) is 0 Å². The molecular formula is C13H9FINO. The standard InChI is InChI=1S/C13H9FINO/c14-10-3-6-12(16-8-10)13(17)7-9-1-4-11(15)5-2-9/h1-6,8H,7H2. The summed E-state index contributed by atoms with van der Waals surface area (Å²) in [4.78, 5) is 15.6. The van der Waals surface area contributed by atoms with Gasteiger partial charge in [0.1, 0.15) is 11.5 Å². The van der Waals surface area contributed by atoms with Gasteiger partial charge >= 0.3 is 0 Å². The molecule has 0 saturated heterocycles. The zero-order chi connectivity index (χ0) is 12.3. The van der Waals surface area contributed by atoms with Crippen molar-refractivity contribution in [3.05, 3.63) is 63.2 Å². The lowest BCUT2D eigenvalue weighted by atomic mass is 10.1. The van der Waals surface area contributed by atoms with Crippen LogP contribution in [0.25, 0.3) is 0 Å². The van der Waals surface area contributed by atoms with E-state index < -0.39 is 5.82 Å². The maximum Gasteiger partial charge on any atom is 0.185 e. The molecule has 1 heterocycles. The number of pyridine rings is 1. The van der Waals surface area contributed by atoms with E-state index in [1.807, 2.05) is 24.3 Å². The van der Waals surface area contributed by atoms with Gasteiger partial charge in [0.05, 0.1) is 6.20 Å². The van der Waals surface area contributed by atoms with Crippen molar-refractivity contribution in [1.29, 1.82) is 0 Å². The molecule has 17 heavy (non-hydrogen) atoms. The molecule has 2 aromatic rings. The molecule has 0 unspecified atom stereocenters. The van der Waals surface area contributed by atoms with Crippen molar-refractivity contribution in [1.82, 2.24) is 4.98 Å². The fourth-order valence-electron chi connectivity index (χ4n) is 1.42. The highest BCUT2D eigenvalue weighted by atomic mass is 127. The molecule has 2 nitrogen and oxygen atoms in total. The number of carbonyl (C=O) groups excluding carboxylic acids is 1. The van der Waals surface area contributed by atoms with E-state index in [1.165, 1.54) is 12.1 Å². The van der Waals surface area contributed by atoms with Crippen molar-refractivity contribution in [2.75, 3.05) is 0 Å². The molecule has 0 aliphatic carbocycles. The Kier molecular flexibility index (Phi) is 3.83. The molecule has 0 saturated carbocycles. The van der Waals surface area contributed by atoms with Crippen LogP contribution in [0.15, 0.2) is 42.6 Å². The maximum atomic E-state index is 12.6. The molecule has 86 valence electrons. The Bertz CT molecular complexity index is 522. The van der Waals surface area contributed by atoms with Crippen LogP contribution >= 0.6 is 22.6 Å². The molecule has 0 bridgehead atoms. The summed E-state index contributed by atoms with van der Waals surface area (Å²) in [5.74, 6) is -0.540. The second-order valence-electron chi connectivity index (χ2n) is 3.59. The molecule has 0 atom stereocenters. The highest BCUT2D eigenvalue weighted by Crippen LogP contribution is 2.09. The first-order chi connectivity index (χ1) is 8.15. The lowest BCUT2D eigenvalue weighted by Gasteiger charge is -2.01. The number of aromatic nitrogens is 1. The zero-order valence-electron chi connectivity index (χ0n) is 8.86. The van der Waals surface area contributed by atoms with E-state index in [-0.39, 0.29) is 12.2 Å². The predicted molar refractivity (Wildman–Crippen MR) is 71.4 cm³/mol. The quantitative estimate of drug-likeness (QED) is 0.634. The number of halogens is 2. The van der Waals surface area contributed by atoms with E-state index in [9.17, 15) is 9.18 Å². The van der Waals surface area contributed by atoms with Crippen molar-refractivity contribution in [2.45, 2.75) is 6.42 Å². The molecular weight excluding hydrogens is 332 g/mol.